The van der Waals surface area contributed by atoms with E-state index in [4.69, 9.17) is 22.9 Å². The minimum Gasteiger partial charge on any atom is -0.328 e. The maximum absolute atomic E-state index is 6.13. The van der Waals surface area contributed by atoms with E-state index in [1.807, 2.05) is 0 Å². The fraction of sp³-hybridized carbons (Fsp3) is 1.00. The predicted octanol–water partition coefficient (Wildman–Crippen LogP) is 1.69. The second-order valence-electron chi connectivity index (χ2n) is 12.3. The van der Waals surface area contributed by atoms with Crippen LogP contribution in [0.1, 0.15) is 98.8 Å². The molecule has 6 atom stereocenters. The van der Waals surface area contributed by atoms with Gasteiger partial charge in [0.1, 0.15) is 0 Å². The molecular formula is C30H71N9. The maximum Gasteiger partial charge on any atom is 0.0195 e. The summed E-state index contributed by atoms with van der Waals surface area (Å²) in [5.74, 6) is 0. The van der Waals surface area contributed by atoms with Gasteiger partial charge in [-0.2, -0.15) is 0 Å². The van der Waals surface area contributed by atoms with Crippen LogP contribution in [0.2, 0.25) is 0 Å². The Morgan fingerprint density at radius 3 is 1.67 bits per heavy atom. The second-order valence-corrected chi connectivity index (χ2v) is 12.3. The molecule has 6 unspecified atom stereocenters. The molecule has 9 heteroatoms. The summed E-state index contributed by atoms with van der Waals surface area (Å²) in [5, 5.41) is 14.8. The molecule has 0 fully saturated rings. The highest BCUT2D eigenvalue weighted by atomic mass is 15.2. The number of nitrogens with zero attached hydrogens (tertiary/aromatic N) is 1. The van der Waals surface area contributed by atoms with E-state index < -0.39 is 0 Å². The van der Waals surface area contributed by atoms with Gasteiger partial charge in [-0.15, -0.1) is 0 Å². The van der Waals surface area contributed by atoms with Crippen LogP contribution < -0.4 is 44.2 Å². The fourth-order valence-electron chi connectivity index (χ4n) is 4.67. The minimum atomic E-state index is 0.233. The monoisotopic (exact) mass is 558 g/mol. The highest BCUT2D eigenvalue weighted by Gasteiger charge is 2.16. The molecule has 0 saturated heterocycles. The van der Waals surface area contributed by atoms with E-state index in [0.29, 0.717) is 12.1 Å². The van der Waals surface area contributed by atoms with Gasteiger partial charge in [-0.05, 0) is 131 Å². The SMILES string of the molecule is CCCC(CN(CCCCNCCC(C)N)CCC(C)N)NCC(CCCNCCC(C)N)NCCC(C)N. The Balaban J connectivity index is 4.76. The second kappa shape index (κ2) is 26.5. The van der Waals surface area contributed by atoms with E-state index in [1.54, 1.807) is 0 Å². The average Bonchev–Trinajstić information content (AvgIpc) is 2.85. The Morgan fingerprint density at radius 2 is 1.10 bits per heavy atom. The van der Waals surface area contributed by atoms with Gasteiger partial charge in [0.05, 0.1) is 0 Å². The number of hydrogen-bond donors (Lipinski definition) is 8. The number of hydrogen-bond acceptors (Lipinski definition) is 9. The lowest BCUT2D eigenvalue weighted by atomic mass is 10.1. The van der Waals surface area contributed by atoms with Gasteiger partial charge in [-0.1, -0.05) is 13.3 Å². The Kier molecular flexibility index (Phi) is 26.3. The van der Waals surface area contributed by atoms with Crippen LogP contribution in [0.5, 0.6) is 0 Å². The number of unbranched alkanes of at least 4 members (excludes halogenated alkanes) is 1. The van der Waals surface area contributed by atoms with Crippen LogP contribution in [0.15, 0.2) is 0 Å². The number of rotatable bonds is 29. The zero-order valence-corrected chi connectivity index (χ0v) is 26.7. The Bertz CT molecular complexity index is 503. The van der Waals surface area contributed by atoms with Crippen molar-refractivity contribution >= 4 is 0 Å². The molecule has 0 saturated carbocycles. The van der Waals surface area contributed by atoms with Gasteiger partial charge in [0.2, 0.25) is 0 Å². The molecule has 236 valence electrons. The molecule has 12 N–H and O–H groups in total. The Morgan fingerprint density at radius 1 is 0.538 bits per heavy atom. The molecule has 0 aromatic rings. The molecule has 0 aliphatic heterocycles. The van der Waals surface area contributed by atoms with Crippen LogP contribution in [0.25, 0.3) is 0 Å². The molecular weight excluding hydrogens is 486 g/mol. The first-order chi connectivity index (χ1) is 18.6. The summed E-state index contributed by atoms with van der Waals surface area (Å²) in [5.41, 5.74) is 23.9. The molecule has 0 heterocycles. The molecule has 0 spiro atoms. The van der Waals surface area contributed by atoms with E-state index >= 15 is 0 Å². The van der Waals surface area contributed by atoms with Gasteiger partial charge in [0.15, 0.2) is 0 Å². The quantitative estimate of drug-likeness (QED) is 0.0641. The average molecular weight is 558 g/mol. The molecule has 0 amide bonds. The van der Waals surface area contributed by atoms with Crippen molar-refractivity contribution in [2.75, 3.05) is 58.9 Å². The van der Waals surface area contributed by atoms with E-state index in [9.17, 15) is 0 Å². The third kappa shape index (κ3) is 27.6. The summed E-state index contributed by atoms with van der Waals surface area (Å²) in [6.45, 7) is 20.0. The molecule has 39 heavy (non-hydrogen) atoms. The van der Waals surface area contributed by atoms with Crippen molar-refractivity contribution in [2.24, 2.45) is 22.9 Å². The molecule has 0 radical (unpaired) electrons. The normalized spacial score (nSPS) is 16.8. The van der Waals surface area contributed by atoms with Crippen LogP contribution in [0.4, 0.5) is 0 Å². The van der Waals surface area contributed by atoms with Crippen molar-refractivity contribution in [1.82, 2.24) is 26.2 Å². The van der Waals surface area contributed by atoms with Crippen LogP contribution in [0, 0.1) is 0 Å². The summed E-state index contributed by atoms with van der Waals surface area (Å²) in [6.07, 6.45) is 11.2. The third-order valence-corrected chi connectivity index (χ3v) is 7.24. The smallest absolute Gasteiger partial charge is 0.0195 e. The first-order valence-corrected chi connectivity index (χ1v) is 16.3. The molecule has 0 aliphatic rings. The summed E-state index contributed by atoms with van der Waals surface area (Å²) in [6, 6.07) is 1.96. The van der Waals surface area contributed by atoms with Gasteiger partial charge in [0, 0.05) is 49.3 Å². The molecule has 0 aromatic carbocycles. The summed E-state index contributed by atoms with van der Waals surface area (Å²) < 4.78 is 0. The van der Waals surface area contributed by atoms with Crippen LogP contribution in [-0.4, -0.2) is 100 Å². The van der Waals surface area contributed by atoms with Crippen molar-refractivity contribution in [2.45, 2.75) is 135 Å². The van der Waals surface area contributed by atoms with E-state index in [-0.39, 0.29) is 24.2 Å². The molecule has 9 nitrogen and oxygen atoms in total. The van der Waals surface area contributed by atoms with Gasteiger partial charge < -0.3 is 49.1 Å². The largest absolute Gasteiger partial charge is 0.328 e. The van der Waals surface area contributed by atoms with E-state index in [2.05, 4.69) is 60.8 Å². The molecule has 0 aliphatic carbocycles. The number of nitrogens with two attached hydrogens (primary N) is 4. The fourth-order valence-corrected chi connectivity index (χ4v) is 4.67. The minimum absolute atomic E-state index is 0.233. The lowest BCUT2D eigenvalue weighted by Gasteiger charge is -2.30. The Labute approximate surface area is 243 Å². The topological polar surface area (TPSA) is 155 Å². The van der Waals surface area contributed by atoms with Crippen LogP contribution in [0.3, 0.4) is 0 Å². The highest BCUT2D eigenvalue weighted by molar-refractivity contribution is 4.78. The first kappa shape index (κ1) is 38.6. The zero-order chi connectivity index (χ0) is 29.3. The van der Waals surface area contributed by atoms with Gasteiger partial charge in [-0.25, -0.2) is 0 Å². The van der Waals surface area contributed by atoms with E-state index in [0.717, 1.165) is 97.4 Å². The van der Waals surface area contributed by atoms with Crippen molar-refractivity contribution in [1.29, 1.82) is 0 Å². The summed E-state index contributed by atoms with van der Waals surface area (Å²) in [7, 11) is 0. The first-order valence-electron chi connectivity index (χ1n) is 16.3. The van der Waals surface area contributed by atoms with Gasteiger partial charge in [0.25, 0.3) is 0 Å². The van der Waals surface area contributed by atoms with Gasteiger partial charge in [-0.3, -0.25) is 0 Å². The van der Waals surface area contributed by atoms with Crippen LogP contribution >= 0.6 is 0 Å². The summed E-state index contributed by atoms with van der Waals surface area (Å²) >= 11 is 0. The van der Waals surface area contributed by atoms with E-state index in [1.165, 1.54) is 25.7 Å². The van der Waals surface area contributed by atoms with Crippen molar-refractivity contribution in [3.63, 3.8) is 0 Å². The predicted molar refractivity (Wildman–Crippen MR) is 172 cm³/mol. The lowest BCUT2D eigenvalue weighted by Crippen LogP contribution is -2.48. The standard InChI is InChI=1S/C30H71N9/c1-6-10-30(24-39(22-15-28(5)34)21-8-7-16-35-18-12-25(2)31)38-23-29(37-20-14-27(4)33)11-9-17-36-19-13-26(3)32/h25-30,35-38H,6-24,31-34H2,1-5H3. The van der Waals surface area contributed by atoms with Crippen molar-refractivity contribution in [3.05, 3.63) is 0 Å². The highest BCUT2D eigenvalue weighted by Crippen LogP contribution is 2.06. The van der Waals surface area contributed by atoms with Crippen LogP contribution in [-0.2, 0) is 0 Å². The molecule has 0 bridgehead atoms. The van der Waals surface area contributed by atoms with Crippen molar-refractivity contribution < 1.29 is 0 Å². The zero-order valence-electron chi connectivity index (χ0n) is 26.7. The molecule has 0 rings (SSSR count). The maximum atomic E-state index is 6.13. The van der Waals surface area contributed by atoms with Crippen molar-refractivity contribution in [3.8, 4) is 0 Å². The third-order valence-electron chi connectivity index (χ3n) is 7.24. The summed E-state index contributed by atoms with van der Waals surface area (Å²) in [4.78, 5) is 2.64. The van der Waals surface area contributed by atoms with Gasteiger partial charge >= 0.3 is 0 Å². The molecule has 0 aromatic heterocycles. The Hall–Kier alpha value is -0.360. The number of nitrogens with one attached hydrogen (secondary N) is 4. The lowest BCUT2D eigenvalue weighted by molar-refractivity contribution is 0.221.